The van der Waals surface area contributed by atoms with Gasteiger partial charge in [0.2, 0.25) is 0 Å². The van der Waals surface area contributed by atoms with E-state index in [-0.39, 0.29) is 0 Å². The third-order valence-electron chi connectivity index (χ3n) is 10.6. The molecule has 0 saturated carbocycles. The number of nitrogens with zero attached hydrogens (tertiary/aromatic N) is 1. The Morgan fingerprint density at radius 1 is 0.280 bits per heavy atom. The molecule has 1 heterocycles. The summed E-state index contributed by atoms with van der Waals surface area (Å²) >= 11 is 0. The van der Waals surface area contributed by atoms with Crippen molar-refractivity contribution in [2.45, 2.75) is 0 Å². The van der Waals surface area contributed by atoms with Gasteiger partial charge < -0.3 is 9.32 Å². The molecule has 0 unspecified atom stereocenters. The lowest BCUT2D eigenvalue weighted by Crippen LogP contribution is -2.10. The van der Waals surface area contributed by atoms with Gasteiger partial charge in [0.1, 0.15) is 5.58 Å². The molecule has 0 aliphatic heterocycles. The van der Waals surface area contributed by atoms with Crippen LogP contribution in [0.5, 0.6) is 0 Å². The fraction of sp³-hybridized carbons (Fsp3) is 0. The summed E-state index contributed by atoms with van der Waals surface area (Å²) in [5.41, 5.74) is 4.93. The van der Waals surface area contributed by atoms with Crippen molar-refractivity contribution in [1.29, 1.82) is 0 Å². The van der Waals surface area contributed by atoms with E-state index >= 15 is 0 Å². The van der Waals surface area contributed by atoms with E-state index in [0.717, 1.165) is 39.0 Å². The van der Waals surface area contributed by atoms with E-state index in [1.165, 1.54) is 64.6 Å². The number of hydrogen-bond acceptors (Lipinski definition) is 2. The maximum Gasteiger partial charge on any atom is 0.159 e. The Labute approximate surface area is 288 Å². The molecule has 0 radical (unpaired) electrons. The van der Waals surface area contributed by atoms with Gasteiger partial charge in [0.05, 0.1) is 5.69 Å². The fourth-order valence-corrected chi connectivity index (χ4v) is 8.41. The molecule has 0 amide bonds. The van der Waals surface area contributed by atoms with E-state index in [2.05, 4.69) is 175 Å². The molecule has 0 bridgehead atoms. The van der Waals surface area contributed by atoms with Crippen molar-refractivity contribution in [3.8, 4) is 0 Å². The molecular formula is C48H29NO. The Bertz CT molecular complexity index is 2940. The summed E-state index contributed by atoms with van der Waals surface area (Å²) in [7, 11) is 0. The quantitative estimate of drug-likeness (QED) is 0.180. The lowest BCUT2D eigenvalue weighted by Gasteiger charge is -2.27. The molecular weight excluding hydrogens is 607 g/mol. The van der Waals surface area contributed by atoms with Crippen molar-refractivity contribution >= 4 is 104 Å². The van der Waals surface area contributed by atoms with Crippen LogP contribution in [0.2, 0.25) is 0 Å². The predicted molar refractivity (Wildman–Crippen MR) is 213 cm³/mol. The normalized spacial score (nSPS) is 12.0. The van der Waals surface area contributed by atoms with Gasteiger partial charge in [-0.25, -0.2) is 0 Å². The molecule has 11 rings (SSSR count). The van der Waals surface area contributed by atoms with E-state index in [4.69, 9.17) is 4.42 Å². The van der Waals surface area contributed by atoms with Gasteiger partial charge in [-0.15, -0.1) is 0 Å². The van der Waals surface area contributed by atoms with Gasteiger partial charge in [-0.05, 0) is 101 Å². The average molecular weight is 636 g/mol. The third-order valence-corrected chi connectivity index (χ3v) is 10.6. The minimum absolute atomic E-state index is 0.876. The summed E-state index contributed by atoms with van der Waals surface area (Å²) in [5.74, 6) is 0. The summed E-state index contributed by atoms with van der Waals surface area (Å²) in [4.78, 5) is 2.39. The van der Waals surface area contributed by atoms with Gasteiger partial charge in [0.15, 0.2) is 5.58 Å². The SMILES string of the molecule is c1ccc2c(c1)oc1c(N(c3ccc4c5ccccc5c5ccccc5c4c3)c3ccc4c5ccccc5c5ccccc5c4c3)cccc12. The van der Waals surface area contributed by atoms with Gasteiger partial charge in [0, 0.05) is 22.1 Å². The molecule has 1 aromatic heterocycles. The maximum atomic E-state index is 6.70. The molecule has 0 spiro atoms. The molecule has 0 fully saturated rings. The largest absolute Gasteiger partial charge is 0.454 e. The minimum Gasteiger partial charge on any atom is -0.454 e. The molecule has 0 aliphatic rings. The second-order valence-corrected chi connectivity index (χ2v) is 13.2. The third kappa shape index (κ3) is 3.85. The van der Waals surface area contributed by atoms with Gasteiger partial charge in [-0.2, -0.15) is 0 Å². The van der Waals surface area contributed by atoms with Crippen LogP contribution in [0, 0.1) is 0 Å². The van der Waals surface area contributed by atoms with Gasteiger partial charge in [-0.1, -0.05) is 140 Å². The highest BCUT2D eigenvalue weighted by Gasteiger charge is 2.21. The van der Waals surface area contributed by atoms with Crippen LogP contribution in [0.15, 0.2) is 180 Å². The summed E-state index contributed by atoms with van der Waals surface area (Å²) in [6, 6.07) is 63.8. The minimum atomic E-state index is 0.876. The van der Waals surface area contributed by atoms with Gasteiger partial charge in [-0.3, -0.25) is 0 Å². The molecule has 0 saturated heterocycles. The van der Waals surface area contributed by atoms with E-state index in [9.17, 15) is 0 Å². The van der Waals surface area contributed by atoms with Crippen LogP contribution in [-0.4, -0.2) is 0 Å². The zero-order chi connectivity index (χ0) is 32.8. The van der Waals surface area contributed by atoms with Crippen molar-refractivity contribution in [3.63, 3.8) is 0 Å². The first-order valence-electron chi connectivity index (χ1n) is 17.2. The zero-order valence-electron chi connectivity index (χ0n) is 27.1. The molecule has 2 heteroatoms. The van der Waals surface area contributed by atoms with Crippen LogP contribution in [0.1, 0.15) is 0 Å². The topological polar surface area (TPSA) is 16.4 Å². The van der Waals surface area contributed by atoms with Crippen molar-refractivity contribution < 1.29 is 4.42 Å². The Morgan fingerprint density at radius 2 is 0.640 bits per heavy atom. The highest BCUT2D eigenvalue weighted by molar-refractivity contribution is 6.27. The summed E-state index contributed by atoms with van der Waals surface area (Å²) < 4.78 is 6.70. The lowest BCUT2D eigenvalue weighted by atomic mass is 9.93. The summed E-state index contributed by atoms with van der Waals surface area (Å²) in [6.45, 7) is 0. The number of fused-ring (bicyclic) bond motifs is 15. The van der Waals surface area contributed by atoms with E-state index in [0.29, 0.717) is 0 Å². The van der Waals surface area contributed by atoms with Crippen LogP contribution in [-0.2, 0) is 0 Å². The number of furan rings is 1. The molecule has 0 atom stereocenters. The highest BCUT2D eigenvalue weighted by Crippen LogP contribution is 2.46. The number of rotatable bonds is 3. The fourth-order valence-electron chi connectivity index (χ4n) is 8.41. The van der Waals surface area contributed by atoms with Gasteiger partial charge >= 0.3 is 0 Å². The number of hydrogen-bond donors (Lipinski definition) is 0. The van der Waals surface area contributed by atoms with Crippen LogP contribution < -0.4 is 4.90 Å². The van der Waals surface area contributed by atoms with Crippen molar-refractivity contribution in [3.05, 3.63) is 176 Å². The number of benzene rings is 10. The highest BCUT2D eigenvalue weighted by atomic mass is 16.3. The van der Waals surface area contributed by atoms with Gasteiger partial charge in [0.25, 0.3) is 0 Å². The monoisotopic (exact) mass is 635 g/mol. The van der Waals surface area contributed by atoms with Crippen LogP contribution in [0.3, 0.4) is 0 Å². The van der Waals surface area contributed by atoms with E-state index in [1.807, 2.05) is 6.07 Å². The second-order valence-electron chi connectivity index (χ2n) is 13.2. The second kappa shape index (κ2) is 10.4. The lowest BCUT2D eigenvalue weighted by molar-refractivity contribution is 0.669. The first-order valence-corrected chi connectivity index (χ1v) is 17.2. The smallest absolute Gasteiger partial charge is 0.159 e. The van der Waals surface area contributed by atoms with E-state index < -0.39 is 0 Å². The van der Waals surface area contributed by atoms with Crippen molar-refractivity contribution in [1.82, 2.24) is 0 Å². The van der Waals surface area contributed by atoms with Crippen LogP contribution >= 0.6 is 0 Å². The Hall–Kier alpha value is -6.64. The first-order chi connectivity index (χ1) is 24.8. The van der Waals surface area contributed by atoms with Crippen molar-refractivity contribution in [2.75, 3.05) is 4.90 Å². The Balaban J connectivity index is 1.25. The maximum absolute atomic E-state index is 6.70. The molecule has 11 aromatic rings. The molecule has 232 valence electrons. The Kier molecular flexibility index (Phi) is 5.70. The standard InChI is InChI=1S/C48H29NO/c1-3-16-36-32(12-1)34-14-5-7-18-38(34)44-28-30(24-26-40(36)44)49(46-22-11-21-43-42-20-9-10-23-47(42)50-48(43)46)31-25-27-41-37-17-4-2-13-33(37)35-15-6-8-19-39(35)45(41)29-31/h1-29H. The number of para-hydroxylation sites is 2. The zero-order valence-corrected chi connectivity index (χ0v) is 27.1. The molecule has 0 N–H and O–H groups in total. The predicted octanol–water partition coefficient (Wildman–Crippen LogP) is 14.0. The summed E-state index contributed by atoms with van der Waals surface area (Å²) in [5, 5.41) is 17.3. The van der Waals surface area contributed by atoms with Crippen molar-refractivity contribution in [2.24, 2.45) is 0 Å². The van der Waals surface area contributed by atoms with Crippen LogP contribution in [0.25, 0.3) is 86.6 Å². The molecule has 2 nitrogen and oxygen atoms in total. The molecule has 10 aromatic carbocycles. The Morgan fingerprint density at radius 3 is 1.10 bits per heavy atom. The van der Waals surface area contributed by atoms with E-state index in [1.54, 1.807) is 0 Å². The van der Waals surface area contributed by atoms with Crippen LogP contribution in [0.4, 0.5) is 17.1 Å². The first kappa shape index (κ1) is 27.3. The molecule has 50 heavy (non-hydrogen) atoms. The number of anilines is 3. The summed E-state index contributed by atoms with van der Waals surface area (Å²) in [6.07, 6.45) is 0. The molecule has 0 aliphatic carbocycles. The average Bonchev–Trinajstić information content (AvgIpc) is 3.58.